The first kappa shape index (κ1) is 14.7. The van der Waals surface area contributed by atoms with Crippen LogP contribution in [-0.4, -0.2) is 20.5 Å². The van der Waals surface area contributed by atoms with Crippen LogP contribution in [0.2, 0.25) is 0 Å². The van der Waals surface area contributed by atoms with Crippen molar-refractivity contribution in [1.29, 1.82) is 0 Å². The van der Waals surface area contributed by atoms with Gasteiger partial charge in [0.05, 0.1) is 17.4 Å². The van der Waals surface area contributed by atoms with Gasteiger partial charge in [0.15, 0.2) is 11.4 Å². The van der Waals surface area contributed by atoms with Gasteiger partial charge < -0.3 is 10.1 Å². The van der Waals surface area contributed by atoms with Gasteiger partial charge in [0.2, 0.25) is 0 Å². The highest BCUT2D eigenvalue weighted by molar-refractivity contribution is 6.08. The molecule has 0 fully saturated rings. The van der Waals surface area contributed by atoms with Crippen molar-refractivity contribution in [2.24, 2.45) is 0 Å². The van der Waals surface area contributed by atoms with E-state index < -0.39 is 0 Å². The molecule has 1 N–H and O–H groups in total. The summed E-state index contributed by atoms with van der Waals surface area (Å²) in [5, 5.41) is 7.13. The number of aromatic nitrogens is 3. The van der Waals surface area contributed by atoms with E-state index in [1.807, 2.05) is 55.6 Å². The molecule has 5 rings (SSSR count). The number of hydrogen-bond donors (Lipinski definition) is 1. The second kappa shape index (κ2) is 5.42. The van der Waals surface area contributed by atoms with Crippen molar-refractivity contribution in [3.8, 4) is 22.6 Å². The van der Waals surface area contributed by atoms with Gasteiger partial charge in [-0.2, -0.15) is 5.10 Å². The Labute approximate surface area is 149 Å². The second-order valence-corrected chi connectivity index (χ2v) is 6.24. The Morgan fingerprint density at radius 1 is 1.04 bits per heavy atom. The number of nitrogens with zero attached hydrogens (tertiary/aromatic N) is 3. The lowest BCUT2D eigenvalue weighted by molar-refractivity contribution is 0.102. The molecule has 0 atom stereocenters. The standard InChI is InChI=1S/C20H14N4O2/c1-12-2-4-18-16(8-12)23-20(25)15-9-13(3-5-17(15)26-18)14-10-21-19-6-7-22-24(19)11-14/h2-11H,1H3,(H,23,25). The van der Waals surface area contributed by atoms with Gasteiger partial charge >= 0.3 is 0 Å². The van der Waals surface area contributed by atoms with E-state index in [1.165, 1.54) is 0 Å². The van der Waals surface area contributed by atoms with Gasteiger partial charge in [0.1, 0.15) is 5.75 Å². The summed E-state index contributed by atoms with van der Waals surface area (Å²) in [4.78, 5) is 17.1. The lowest BCUT2D eigenvalue weighted by atomic mass is 10.0. The third-order valence-electron chi connectivity index (χ3n) is 4.41. The van der Waals surface area contributed by atoms with Crippen LogP contribution < -0.4 is 10.1 Å². The molecule has 1 amide bonds. The minimum atomic E-state index is -0.195. The first-order valence-corrected chi connectivity index (χ1v) is 8.21. The van der Waals surface area contributed by atoms with Crippen LogP contribution in [0.4, 0.5) is 5.69 Å². The van der Waals surface area contributed by atoms with E-state index in [4.69, 9.17) is 4.74 Å². The maximum absolute atomic E-state index is 12.7. The Balaban J connectivity index is 1.60. The van der Waals surface area contributed by atoms with Gasteiger partial charge in [0, 0.05) is 24.0 Å². The van der Waals surface area contributed by atoms with Crippen LogP contribution in [0.5, 0.6) is 11.5 Å². The molecule has 0 bridgehead atoms. The molecular weight excluding hydrogens is 328 g/mol. The molecule has 6 nitrogen and oxygen atoms in total. The largest absolute Gasteiger partial charge is 0.454 e. The molecule has 2 aromatic carbocycles. The van der Waals surface area contributed by atoms with E-state index in [2.05, 4.69) is 15.4 Å². The minimum absolute atomic E-state index is 0.195. The summed E-state index contributed by atoms with van der Waals surface area (Å²) in [6, 6.07) is 13.1. The summed E-state index contributed by atoms with van der Waals surface area (Å²) in [6.45, 7) is 1.97. The highest BCUT2D eigenvalue weighted by atomic mass is 16.5. The summed E-state index contributed by atoms with van der Waals surface area (Å²) >= 11 is 0. The number of anilines is 1. The number of nitrogens with one attached hydrogen (secondary N) is 1. The number of hydrogen-bond acceptors (Lipinski definition) is 4. The lowest BCUT2D eigenvalue weighted by Gasteiger charge is -2.09. The van der Waals surface area contributed by atoms with Gasteiger partial charge in [-0.15, -0.1) is 0 Å². The number of aryl methyl sites for hydroxylation is 1. The zero-order valence-corrected chi connectivity index (χ0v) is 13.9. The number of carbonyl (C=O) groups excluding carboxylic acids is 1. The van der Waals surface area contributed by atoms with E-state index in [-0.39, 0.29) is 5.91 Å². The van der Waals surface area contributed by atoms with E-state index in [0.717, 1.165) is 22.3 Å². The molecule has 0 saturated heterocycles. The SMILES string of the molecule is Cc1ccc2c(c1)NC(=O)c1cc(-c3cnc4ccnn4c3)ccc1O2. The van der Waals surface area contributed by atoms with Crippen molar-refractivity contribution >= 4 is 17.2 Å². The third kappa shape index (κ3) is 2.31. The summed E-state index contributed by atoms with van der Waals surface area (Å²) in [7, 11) is 0. The van der Waals surface area contributed by atoms with Crippen LogP contribution in [0.25, 0.3) is 16.8 Å². The molecule has 0 unspecified atom stereocenters. The first-order valence-electron chi connectivity index (χ1n) is 8.21. The number of benzene rings is 2. The van der Waals surface area contributed by atoms with E-state index in [9.17, 15) is 4.79 Å². The Bertz CT molecular complexity index is 1180. The second-order valence-electron chi connectivity index (χ2n) is 6.24. The molecular formula is C20H14N4O2. The predicted octanol–water partition coefficient (Wildman–Crippen LogP) is 4.06. The fourth-order valence-electron chi connectivity index (χ4n) is 3.07. The number of fused-ring (bicyclic) bond motifs is 3. The number of ether oxygens (including phenoxy) is 1. The van der Waals surface area contributed by atoms with E-state index in [1.54, 1.807) is 16.9 Å². The zero-order valence-electron chi connectivity index (χ0n) is 13.9. The highest BCUT2D eigenvalue weighted by Gasteiger charge is 2.21. The van der Waals surface area contributed by atoms with Crippen molar-refractivity contribution < 1.29 is 9.53 Å². The predicted molar refractivity (Wildman–Crippen MR) is 97.6 cm³/mol. The molecule has 3 heterocycles. The number of rotatable bonds is 1. The van der Waals surface area contributed by atoms with Crippen LogP contribution >= 0.6 is 0 Å². The summed E-state index contributed by atoms with van der Waals surface area (Å²) in [6.07, 6.45) is 5.35. The van der Waals surface area contributed by atoms with Crippen LogP contribution in [-0.2, 0) is 0 Å². The van der Waals surface area contributed by atoms with Crippen molar-refractivity contribution in [3.63, 3.8) is 0 Å². The number of carbonyl (C=O) groups is 1. The average molecular weight is 342 g/mol. The Morgan fingerprint density at radius 3 is 2.85 bits per heavy atom. The molecule has 0 radical (unpaired) electrons. The van der Waals surface area contributed by atoms with Gasteiger partial charge in [-0.1, -0.05) is 12.1 Å². The van der Waals surface area contributed by atoms with Crippen molar-refractivity contribution in [1.82, 2.24) is 14.6 Å². The molecule has 1 aliphatic heterocycles. The Kier molecular flexibility index (Phi) is 3.05. The summed E-state index contributed by atoms with van der Waals surface area (Å²) < 4.78 is 7.66. The fraction of sp³-hybridized carbons (Fsp3) is 0.0500. The monoisotopic (exact) mass is 342 g/mol. The summed E-state index contributed by atoms with van der Waals surface area (Å²) in [5.74, 6) is 0.969. The normalized spacial score (nSPS) is 12.7. The smallest absolute Gasteiger partial charge is 0.259 e. The van der Waals surface area contributed by atoms with Crippen LogP contribution in [0.15, 0.2) is 61.1 Å². The molecule has 0 aliphatic carbocycles. The number of amides is 1. The van der Waals surface area contributed by atoms with Crippen molar-refractivity contribution in [2.75, 3.05) is 5.32 Å². The molecule has 0 saturated carbocycles. The minimum Gasteiger partial charge on any atom is -0.454 e. The van der Waals surface area contributed by atoms with Gasteiger partial charge in [-0.3, -0.25) is 4.79 Å². The Morgan fingerprint density at radius 2 is 1.92 bits per heavy atom. The molecule has 1 aliphatic rings. The molecule has 26 heavy (non-hydrogen) atoms. The quantitative estimate of drug-likeness (QED) is 0.566. The maximum atomic E-state index is 12.7. The van der Waals surface area contributed by atoms with Gasteiger partial charge in [-0.05, 0) is 42.3 Å². The zero-order chi connectivity index (χ0) is 17.7. The molecule has 0 spiro atoms. The molecule has 2 aromatic heterocycles. The molecule has 6 heteroatoms. The van der Waals surface area contributed by atoms with E-state index in [0.29, 0.717) is 22.7 Å². The van der Waals surface area contributed by atoms with Crippen molar-refractivity contribution in [3.05, 3.63) is 72.2 Å². The highest BCUT2D eigenvalue weighted by Crippen LogP contribution is 2.37. The van der Waals surface area contributed by atoms with Gasteiger partial charge in [0.25, 0.3) is 5.91 Å². The molecule has 126 valence electrons. The van der Waals surface area contributed by atoms with E-state index >= 15 is 0 Å². The van der Waals surface area contributed by atoms with Crippen LogP contribution in [0.1, 0.15) is 15.9 Å². The molecule has 4 aromatic rings. The van der Waals surface area contributed by atoms with Crippen LogP contribution in [0.3, 0.4) is 0 Å². The van der Waals surface area contributed by atoms with Crippen LogP contribution in [0, 0.1) is 6.92 Å². The van der Waals surface area contributed by atoms with Crippen molar-refractivity contribution in [2.45, 2.75) is 6.92 Å². The van der Waals surface area contributed by atoms with Gasteiger partial charge in [-0.25, -0.2) is 9.50 Å². The maximum Gasteiger partial charge on any atom is 0.259 e. The summed E-state index contributed by atoms with van der Waals surface area (Å²) in [5.41, 5.74) is 4.72. The Hall–Kier alpha value is -3.67. The average Bonchev–Trinajstić information content (AvgIpc) is 3.06. The lowest BCUT2D eigenvalue weighted by Crippen LogP contribution is -2.10. The third-order valence-corrected chi connectivity index (χ3v) is 4.41. The first-order chi connectivity index (χ1) is 12.7. The fourth-order valence-corrected chi connectivity index (χ4v) is 3.07. The topological polar surface area (TPSA) is 68.5 Å².